The summed E-state index contributed by atoms with van der Waals surface area (Å²) in [6.07, 6.45) is 5.54. The zero-order valence-corrected chi connectivity index (χ0v) is 30.9. The number of para-hydroxylation sites is 2. The summed E-state index contributed by atoms with van der Waals surface area (Å²) < 4.78 is 58.1. The predicted octanol–water partition coefficient (Wildman–Crippen LogP) is 7.72. The van der Waals surface area contributed by atoms with Crippen molar-refractivity contribution in [1.29, 1.82) is 0 Å². The van der Waals surface area contributed by atoms with E-state index in [9.17, 15) is 41.4 Å². The molecule has 0 amide bonds. The van der Waals surface area contributed by atoms with E-state index in [1.54, 1.807) is 36.4 Å². The summed E-state index contributed by atoms with van der Waals surface area (Å²) >= 11 is 0. The van der Waals surface area contributed by atoms with E-state index in [1.165, 1.54) is 133 Å². The third kappa shape index (κ3) is 9.34. The molecule has 4 N–H and O–H groups in total. The number of carbonyl (C=O) groups excluding carboxylic acids is 3. The lowest BCUT2D eigenvalue weighted by molar-refractivity contribution is 0.103. The minimum Gasteiger partial charge on any atom is -0.507 e. The Bertz CT molecular complexity index is 2550. The van der Waals surface area contributed by atoms with Crippen molar-refractivity contribution in [1.82, 2.24) is 0 Å². The van der Waals surface area contributed by atoms with Crippen LogP contribution >= 0.6 is 0 Å². The summed E-state index contributed by atoms with van der Waals surface area (Å²) in [5, 5.41) is 19.8. The van der Waals surface area contributed by atoms with Gasteiger partial charge in [0.1, 0.15) is 11.5 Å². The summed E-state index contributed by atoms with van der Waals surface area (Å²) in [7, 11) is -8.40. The SMILES string of the molecule is O=C(/C=C/c1ccccc1O)c1ccc(NS(=O)(=O)c2cccc(C(=O)c3cccc(S(=O)(=O)Nc4ccc(C(=O)/C=C/c5ccccc5O)cc4)c3)c2)cc1. The fraction of sp³-hybridized carbons (Fsp3) is 0. The fourth-order valence-electron chi connectivity index (χ4n) is 5.39. The molecule has 0 aliphatic rings. The van der Waals surface area contributed by atoms with Crippen molar-refractivity contribution >= 4 is 60.9 Å². The third-order valence-electron chi connectivity index (χ3n) is 8.36. The van der Waals surface area contributed by atoms with Gasteiger partial charge in [0.15, 0.2) is 17.3 Å². The van der Waals surface area contributed by atoms with Crippen molar-refractivity contribution in [3.63, 3.8) is 0 Å². The number of rotatable bonds is 14. The minimum atomic E-state index is -4.20. The predicted molar refractivity (Wildman–Crippen MR) is 214 cm³/mol. The van der Waals surface area contributed by atoms with E-state index in [1.807, 2.05) is 0 Å². The molecule has 6 rings (SSSR count). The first-order valence-electron chi connectivity index (χ1n) is 16.8. The van der Waals surface area contributed by atoms with Gasteiger partial charge in [0.05, 0.1) is 9.79 Å². The lowest BCUT2D eigenvalue weighted by Crippen LogP contribution is -2.15. The van der Waals surface area contributed by atoms with Crippen molar-refractivity contribution in [3.05, 3.63) is 191 Å². The second kappa shape index (κ2) is 16.5. The molecule has 0 unspecified atom stereocenters. The lowest BCUT2D eigenvalue weighted by atomic mass is 10.0. The smallest absolute Gasteiger partial charge is 0.261 e. The number of aromatic hydroxyl groups is 2. The van der Waals surface area contributed by atoms with Crippen LogP contribution in [0.15, 0.2) is 168 Å². The van der Waals surface area contributed by atoms with E-state index in [4.69, 9.17) is 0 Å². The van der Waals surface area contributed by atoms with Gasteiger partial charge in [-0.25, -0.2) is 16.8 Å². The molecule has 0 aromatic heterocycles. The van der Waals surface area contributed by atoms with Crippen LogP contribution in [0.5, 0.6) is 11.5 Å². The molecular formula is C43H32N2O9S2. The van der Waals surface area contributed by atoms with Crippen LogP contribution in [0.3, 0.4) is 0 Å². The van der Waals surface area contributed by atoms with Crippen molar-refractivity contribution in [3.8, 4) is 11.5 Å². The molecule has 0 aliphatic heterocycles. The van der Waals surface area contributed by atoms with E-state index >= 15 is 0 Å². The number of anilines is 2. The second-order valence-corrected chi connectivity index (χ2v) is 15.6. The maximum Gasteiger partial charge on any atom is 0.261 e. The highest BCUT2D eigenvalue weighted by molar-refractivity contribution is 7.93. The van der Waals surface area contributed by atoms with E-state index < -0.39 is 25.8 Å². The number of ketones is 3. The second-order valence-electron chi connectivity index (χ2n) is 12.3. The summed E-state index contributed by atoms with van der Waals surface area (Å²) in [5.41, 5.74) is 1.80. The van der Waals surface area contributed by atoms with Crippen LogP contribution in [0.1, 0.15) is 47.8 Å². The van der Waals surface area contributed by atoms with E-state index in [-0.39, 0.29) is 66.5 Å². The molecule has 0 radical (unpaired) electrons. The van der Waals surface area contributed by atoms with E-state index in [2.05, 4.69) is 9.44 Å². The van der Waals surface area contributed by atoms with Crippen molar-refractivity contribution < 1.29 is 41.4 Å². The topological polar surface area (TPSA) is 184 Å². The molecule has 0 atom stereocenters. The Morgan fingerprint density at radius 3 is 1.20 bits per heavy atom. The highest BCUT2D eigenvalue weighted by Crippen LogP contribution is 2.24. The van der Waals surface area contributed by atoms with E-state index in [0.717, 1.165) is 0 Å². The number of phenols is 2. The number of sulfonamides is 2. The van der Waals surface area contributed by atoms with Crippen LogP contribution in [0, 0.1) is 0 Å². The summed E-state index contributed by atoms with van der Waals surface area (Å²) in [6.45, 7) is 0. The van der Waals surface area contributed by atoms with Gasteiger partial charge in [0.25, 0.3) is 20.0 Å². The zero-order chi connectivity index (χ0) is 39.9. The van der Waals surface area contributed by atoms with Crippen molar-refractivity contribution in [2.75, 3.05) is 9.44 Å². The van der Waals surface area contributed by atoms with Crippen LogP contribution in [-0.2, 0) is 20.0 Å². The highest BCUT2D eigenvalue weighted by Gasteiger charge is 2.21. The number of nitrogens with one attached hydrogen (secondary N) is 2. The average Bonchev–Trinajstić information content (AvgIpc) is 3.20. The Balaban J connectivity index is 1.11. The van der Waals surface area contributed by atoms with Gasteiger partial charge >= 0.3 is 0 Å². The Kier molecular flexibility index (Phi) is 11.4. The van der Waals surface area contributed by atoms with Crippen LogP contribution < -0.4 is 9.44 Å². The first-order valence-corrected chi connectivity index (χ1v) is 19.8. The summed E-state index contributed by atoms with van der Waals surface area (Å²) in [6, 6.07) is 35.0. The number of hydrogen-bond acceptors (Lipinski definition) is 9. The lowest BCUT2D eigenvalue weighted by Gasteiger charge is -2.11. The number of phenolic OH excluding ortho intramolecular Hbond substituents is 2. The maximum atomic E-state index is 13.5. The van der Waals surface area contributed by atoms with Gasteiger partial charge in [0.2, 0.25) is 0 Å². The minimum absolute atomic E-state index is 0.00986. The molecule has 6 aromatic carbocycles. The van der Waals surface area contributed by atoms with Crippen molar-refractivity contribution in [2.45, 2.75) is 9.79 Å². The Morgan fingerprint density at radius 1 is 0.446 bits per heavy atom. The normalized spacial score (nSPS) is 11.7. The van der Waals surface area contributed by atoms with Crippen LogP contribution in [0.2, 0.25) is 0 Å². The van der Waals surface area contributed by atoms with Gasteiger partial charge in [-0.15, -0.1) is 0 Å². The van der Waals surface area contributed by atoms with Crippen molar-refractivity contribution in [2.24, 2.45) is 0 Å². The van der Waals surface area contributed by atoms with Gasteiger partial charge < -0.3 is 10.2 Å². The molecule has 6 aromatic rings. The highest BCUT2D eigenvalue weighted by atomic mass is 32.2. The monoisotopic (exact) mass is 784 g/mol. The molecule has 0 saturated heterocycles. The molecule has 0 heterocycles. The molecule has 0 aliphatic carbocycles. The van der Waals surface area contributed by atoms with Crippen LogP contribution in [0.4, 0.5) is 11.4 Å². The molecule has 0 spiro atoms. The fourth-order valence-corrected chi connectivity index (χ4v) is 7.60. The quantitative estimate of drug-likeness (QED) is 0.0634. The molecule has 0 bridgehead atoms. The molecule has 280 valence electrons. The van der Waals surface area contributed by atoms with Gasteiger partial charge in [-0.05, 0) is 109 Å². The van der Waals surface area contributed by atoms with Gasteiger partial charge in [-0.3, -0.25) is 23.8 Å². The molecule has 13 heteroatoms. The van der Waals surface area contributed by atoms with Crippen LogP contribution in [0.25, 0.3) is 12.2 Å². The number of carbonyl (C=O) groups is 3. The number of allylic oxidation sites excluding steroid dienone is 2. The van der Waals surface area contributed by atoms with E-state index in [0.29, 0.717) is 11.1 Å². The first kappa shape index (κ1) is 38.6. The summed E-state index contributed by atoms with van der Waals surface area (Å²) in [4.78, 5) is 38.3. The molecular weight excluding hydrogens is 753 g/mol. The largest absolute Gasteiger partial charge is 0.507 e. The molecule has 0 fully saturated rings. The van der Waals surface area contributed by atoms with Gasteiger partial charge in [-0.1, -0.05) is 60.7 Å². The standard InChI is InChI=1S/C43H32N2O9S2/c46-39-13-3-1-7-29(39)19-25-41(48)31-15-21-35(22-16-31)44-55(51,52)37-11-5-9-33(27-37)43(50)34-10-6-12-38(28-34)56(53,54)45-36-23-17-32(18-24-36)42(49)26-20-30-8-2-4-14-40(30)47/h1-28,44-47H/b25-19+,26-20+. The molecule has 56 heavy (non-hydrogen) atoms. The van der Waals surface area contributed by atoms with Gasteiger partial charge in [0, 0.05) is 44.8 Å². The van der Waals surface area contributed by atoms with Gasteiger partial charge in [-0.2, -0.15) is 0 Å². The molecule has 0 saturated carbocycles. The average molecular weight is 785 g/mol. The first-order chi connectivity index (χ1) is 26.8. The Labute approximate surface area is 323 Å². The Hall–Kier alpha value is -7.09. The number of hydrogen-bond donors (Lipinski definition) is 4. The molecule has 11 nitrogen and oxygen atoms in total. The maximum absolute atomic E-state index is 13.5. The van der Waals surface area contributed by atoms with Crippen LogP contribution in [-0.4, -0.2) is 44.4 Å². The summed E-state index contributed by atoms with van der Waals surface area (Å²) in [5.74, 6) is -1.30. The third-order valence-corrected chi connectivity index (χ3v) is 11.1. The number of benzene rings is 6. The Morgan fingerprint density at radius 2 is 0.821 bits per heavy atom. The zero-order valence-electron chi connectivity index (χ0n) is 29.2.